The van der Waals surface area contributed by atoms with Crippen molar-refractivity contribution in [2.75, 3.05) is 23.4 Å². The first-order valence-corrected chi connectivity index (χ1v) is 8.61. The van der Waals surface area contributed by atoms with Crippen molar-refractivity contribution in [2.24, 2.45) is 5.92 Å². The van der Waals surface area contributed by atoms with Gasteiger partial charge in [0.05, 0.1) is 5.92 Å². The number of aryl methyl sites for hydroxylation is 3. The maximum Gasteiger partial charge on any atom is 0.311 e. The number of carbonyl (C=O) groups is 3. The standard InChI is InChI=1S/C19H21N3O5/c1-11-4-5-12(2)15(6-11)22-9-14(8-18(22)24)19(25)26-10-17(23)20-16-7-13(3)27-21-16/h4-7,14H,8-10H2,1-3H3,(H,20,21,23)/t14-/m1/s1. The van der Waals surface area contributed by atoms with E-state index < -0.39 is 24.4 Å². The molecule has 1 atom stereocenters. The smallest absolute Gasteiger partial charge is 0.311 e. The molecule has 1 aliphatic rings. The summed E-state index contributed by atoms with van der Waals surface area (Å²) in [6.45, 7) is 5.36. The second-order valence-electron chi connectivity index (χ2n) is 6.67. The van der Waals surface area contributed by atoms with E-state index >= 15 is 0 Å². The molecule has 0 aliphatic carbocycles. The molecule has 1 fully saturated rings. The normalized spacial score (nSPS) is 16.5. The summed E-state index contributed by atoms with van der Waals surface area (Å²) in [7, 11) is 0. The molecule has 0 spiro atoms. The zero-order chi connectivity index (χ0) is 19.6. The minimum atomic E-state index is -0.598. The molecule has 3 rings (SSSR count). The van der Waals surface area contributed by atoms with Gasteiger partial charge in [-0.1, -0.05) is 17.3 Å². The summed E-state index contributed by atoms with van der Waals surface area (Å²) in [6.07, 6.45) is 0.0658. The summed E-state index contributed by atoms with van der Waals surface area (Å²) in [5.74, 6) is -1.01. The summed E-state index contributed by atoms with van der Waals surface area (Å²) in [6, 6.07) is 7.39. The number of hydrogen-bond acceptors (Lipinski definition) is 6. The van der Waals surface area contributed by atoms with Crippen LogP contribution in [-0.2, 0) is 19.1 Å². The van der Waals surface area contributed by atoms with Gasteiger partial charge in [0.1, 0.15) is 5.76 Å². The van der Waals surface area contributed by atoms with E-state index in [9.17, 15) is 14.4 Å². The molecule has 8 nitrogen and oxygen atoms in total. The molecule has 0 bridgehead atoms. The number of benzene rings is 1. The van der Waals surface area contributed by atoms with Crippen molar-refractivity contribution in [1.29, 1.82) is 0 Å². The fourth-order valence-electron chi connectivity index (χ4n) is 2.97. The third-order valence-corrected chi connectivity index (χ3v) is 4.35. The Labute approximate surface area is 156 Å². The highest BCUT2D eigenvalue weighted by atomic mass is 16.5. The second-order valence-corrected chi connectivity index (χ2v) is 6.67. The van der Waals surface area contributed by atoms with Gasteiger partial charge in [0.25, 0.3) is 5.91 Å². The predicted molar refractivity (Wildman–Crippen MR) is 97.2 cm³/mol. The number of esters is 1. The van der Waals surface area contributed by atoms with E-state index in [4.69, 9.17) is 9.26 Å². The Morgan fingerprint density at radius 2 is 2.07 bits per heavy atom. The lowest BCUT2D eigenvalue weighted by atomic mass is 10.1. The molecular formula is C19H21N3O5. The fourth-order valence-corrected chi connectivity index (χ4v) is 2.97. The van der Waals surface area contributed by atoms with Crippen LogP contribution in [0.5, 0.6) is 0 Å². The molecule has 1 saturated heterocycles. The highest BCUT2D eigenvalue weighted by molar-refractivity contribution is 6.00. The van der Waals surface area contributed by atoms with Gasteiger partial charge >= 0.3 is 5.97 Å². The molecule has 8 heteroatoms. The molecule has 1 aromatic heterocycles. The highest BCUT2D eigenvalue weighted by Crippen LogP contribution is 2.29. The van der Waals surface area contributed by atoms with Gasteiger partial charge < -0.3 is 19.5 Å². The van der Waals surface area contributed by atoms with Gasteiger partial charge in [-0.2, -0.15) is 0 Å². The van der Waals surface area contributed by atoms with Crippen LogP contribution in [0.4, 0.5) is 11.5 Å². The molecule has 2 aromatic rings. The van der Waals surface area contributed by atoms with Crippen molar-refractivity contribution in [3.05, 3.63) is 41.2 Å². The Balaban J connectivity index is 1.56. The van der Waals surface area contributed by atoms with Crippen molar-refractivity contribution in [1.82, 2.24) is 5.16 Å². The number of rotatable bonds is 5. The third-order valence-electron chi connectivity index (χ3n) is 4.35. The Hall–Kier alpha value is -3.16. The number of aromatic nitrogens is 1. The zero-order valence-corrected chi connectivity index (χ0v) is 15.4. The van der Waals surface area contributed by atoms with Gasteiger partial charge in [-0.05, 0) is 38.0 Å². The Bertz CT molecular complexity index is 889. The molecule has 27 heavy (non-hydrogen) atoms. The van der Waals surface area contributed by atoms with Gasteiger partial charge in [0, 0.05) is 24.7 Å². The summed E-state index contributed by atoms with van der Waals surface area (Å²) in [5, 5.41) is 6.10. The maximum atomic E-state index is 12.4. The summed E-state index contributed by atoms with van der Waals surface area (Å²) < 4.78 is 9.91. The van der Waals surface area contributed by atoms with E-state index in [2.05, 4.69) is 10.5 Å². The van der Waals surface area contributed by atoms with Crippen molar-refractivity contribution in [3.8, 4) is 0 Å². The van der Waals surface area contributed by atoms with E-state index in [0.29, 0.717) is 5.76 Å². The van der Waals surface area contributed by atoms with Crippen LogP contribution in [0.25, 0.3) is 0 Å². The molecule has 2 amide bonds. The molecule has 1 aromatic carbocycles. The first-order valence-electron chi connectivity index (χ1n) is 8.61. The lowest BCUT2D eigenvalue weighted by Gasteiger charge is -2.19. The fraction of sp³-hybridized carbons (Fsp3) is 0.368. The summed E-state index contributed by atoms with van der Waals surface area (Å²) in [5.41, 5.74) is 2.80. The molecule has 0 radical (unpaired) electrons. The Kier molecular flexibility index (Phi) is 5.25. The van der Waals surface area contributed by atoms with Crippen molar-refractivity contribution in [3.63, 3.8) is 0 Å². The lowest BCUT2D eigenvalue weighted by Crippen LogP contribution is -2.28. The van der Waals surface area contributed by atoms with Gasteiger partial charge in [0.15, 0.2) is 12.4 Å². The van der Waals surface area contributed by atoms with Crippen molar-refractivity contribution < 1.29 is 23.6 Å². The third kappa shape index (κ3) is 4.33. The number of hydrogen-bond donors (Lipinski definition) is 1. The minimum absolute atomic E-state index is 0.0658. The van der Waals surface area contributed by atoms with Crippen LogP contribution >= 0.6 is 0 Å². The van der Waals surface area contributed by atoms with Crippen LogP contribution in [-0.4, -0.2) is 36.1 Å². The van der Waals surface area contributed by atoms with Gasteiger partial charge in [-0.25, -0.2) is 0 Å². The predicted octanol–water partition coefficient (Wildman–Crippen LogP) is 2.13. The van der Waals surface area contributed by atoms with E-state index in [1.54, 1.807) is 17.9 Å². The topological polar surface area (TPSA) is 102 Å². The molecule has 142 valence electrons. The largest absolute Gasteiger partial charge is 0.455 e. The van der Waals surface area contributed by atoms with E-state index in [0.717, 1.165) is 16.8 Å². The average molecular weight is 371 g/mol. The number of ether oxygens (including phenoxy) is 1. The number of nitrogens with zero attached hydrogens (tertiary/aromatic N) is 2. The number of carbonyl (C=O) groups excluding carboxylic acids is 3. The molecule has 0 saturated carbocycles. The van der Waals surface area contributed by atoms with Crippen LogP contribution in [0.2, 0.25) is 0 Å². The number of nitrogens with one attached hydrogen (secondary N) is 1. The minimum Gasteiger partial charge on any atom is -0.455 e. The molecule has 1 N–H and O–H groups in total. The van der Waals surface area contributed by atoms with Crippen LogP contribution in [0, 0.1) is 26.7 Å². The van der Waals surface area contributed by atoms with Crippen LogP contribution < -0.4 is 10.2 Å². The quantitative estimate of drug-likeness (QED) is 0.808. The van der Waals surface area contributed by atoms with E-state index in [-0.39, 0.29) is 24.7 Å². The second kappa shape index (κ2) is 7.61. The van der Waals surface area contributed by atoms with Crippen molar-refractivity contribution in [2.45, 2.75) is 27.2 Å². The van der Waals surface area contributed by atoms with E-state index in [1.165, 1.54) is 0 Å². The van der Waals surface area contributed by atoms with Crippen LogP contribution in [0.3, 0.4) is 0 Å². The first kappa shape index (κ1) is 18.6. The molecule has 2 heterocycles. The Morgan fingerprint density at radius 3 is 2.78 bits per heavy atom. The Morgan fingerprint density at radius 1 is 1.30 bits per heavy atom. The van der Waals surface area contributed by atoms with Crippen LogP contribution in [0.1, 0.15) is 23.3 Å². The number of amides is 2. The van der Waals surface area contributed by atoms with Gasteiger partial charge in [0.2, 0.25) is 5.91 Å². The summed E-state index contributed by atoms with van der Waals surface area (Å²) >= 11 is 0. The summed E-state index contributed by atoms with van der Waals surface area (Å²) in [4.78, 5) is 38.0. The number of anilines is 2. The SMILES string of the molecule is Cc1ccc(C)c(N2C[C@H](C(=O)OCC(=O)Nc3cc(C)on3)CC2=O)c1. The maximum absolute atomic E-state index is 12.4. The lowest BCUT2D eigenvalue weighted by molar-refractivity contribution is -0.151. The van der Waals surface area contributed by atoms with Crippen molar-refractivity contribution >= 4 is 29.3 Å². The van der Waals surface area contributed by atoms with Crippen LogP contribution in [0.15, 0.2) is 28.8 Å². The monoisotopic (exact) mass is 371 g/mol. The first-order chi connectivity index (χ1) is 12.8. The molecular weight excluding hydrogens is 350 g/mol. The van der Waals surface area contributed by atoms with Gasteiger partial charge in [-0.3, -0.25) is 14.4 Å². The molecule has 1 aliphatic heterocycles. The zero-order valence-electron chi connectivity index (χ0n) is 15.4. The van der Waals surface area contributed by atoms with E-state index in [1.807, 2.05) is 32.0 Å². The van der Waals surface area contributed by atoms with Gasteiger partial charge in [-0.15, -0.1) is 0 Å². The highest BCUT2D eigenvalue weighted by Gasteiger charge is 2.36. The molecule has 0 unspecified atom stereocenters. The average Bonchev–Trinajstić information content (AvgIpc) is 3.20.